The minimum Gasteiger partial charge on any atom is -0.493 e. The van der Waals surface area contributed by atoms with E-state index in [1.165, 1.54) is 6.07 Å². The number of rotatable bonds is 11. The van der Waals surface area contributed by atoms with Gasteiger partial charge in [-0.2, -0.15) is 0 Å². The zero-order valence-corrected chi connectivity index (χ0v) is 20.5. The molecule has 0 amide bonds. The second-order valence-electron chi connectivity index (χ2n) is 8.87. The van der Waals surface area contributed by atoms with Crippen molar-refractivity contribution in [3.63, 3.8) is 0 Å². The smallest absolute Gasteiger partial charge is 0.165 e. The minimum atomic E-state index is -0.432. The monoisotopic (exact) mass is 483 g/mol. The molecule has 8 heteroatoms. The number of para-hydroxylation sites is 1. The van der Waals surface area contributed by atoms with Crippen LogP contribution in [0.3, 0.4) is 0 Å². The van der Waals surface area contributed by atoms with E-state index in [-0.39, 0.29) is 11.6 Å². The number of likely N-dealkylation sites (tertiary alicyclic amines) is 1. The Morgan fingerprint density at radius 1 is 1.00 bits per heavy atom. The van der Waals surface area contributed by atoms with Gasteiger partial charge < -0.3 is 23.5 Å². The van der Waals surface area contributed by atoms with Crippen LogP contribution in [0.1, 0.15) is 24.8 Å². The average Bonchev–Trinajstić information content (AvgIpc) is 3.31. The van der Waals surface area contributed by atoms with Crippen molar-refractivity contribution in [2.75, 3.05) is 40.5 Å². The minimum absolute atomic E-state index is 0.267. The van der Waals surface area contributed by atoms with E-state index in [4.69, 9.17) is 18.9 Å². The van der Waals surface area contributed by atoms with Crippen molar-refractivity contribution >= 4 is 0 Å². The first kappa shape index (κ1) is 25.0. The molecule has 4 rings (SSSR count). The molecule has 1 aliphatic rings. The Kier molecular flexibility index (Phi) is 8.60. The van der Waals surface area contributed by atoms with Gasteiger partial charge in [-0.15, -0.1) is 0 Å². The van der Waals surface area contributed by atoms with E-state index in [9.17, 15) is 4.39 Å². The molecule has 188 valence electrons. The number of hydrogen-bond acceptors (Lipinski definition) is 6. The summed E-state index contributed by atoms with van der Waals surface area (Å²) >= 11 is 0. The topological polar surface area (TPSA) is 58.0 Å². The van der Waals surface area contributed by atoms with Crippen LogP contribution in [-0.4, -0.2) is 60.6 Å². The van der Waals surface area contributed by atoms with E-state index < -0.39 is 5.60 Å². The molecule has 0 spiro atoms. The van der Waals surface area contributed by atoms with Crippen molar-refractivity contribution in [3.8, 4) is 17.2 Å². The van der Waals surface area contributed by atoms with Crippen LogP contribution in [0.15, 0.2) is 61.2 Å². The zero-order chi connectivity index (χ0) is 24.5. The highest BCUT2D eigenvalue weighted by atomic mass is 19.1. The third-order valence-electron chi connectivity index (χ3n) is 6.55. The number of hydrogen-bond donors (Lipinski definition) is 0. The van der Waals surface area contributed by atoms with Crippen molar-refractivity contribution in [1.29, 1.82) is 0 Å². The maximum absolute atomic E-state index is 14.0. The molecule has 1 unspecified atom stereocenters. The molecular formula is C27H34FN3O4. The van der Waals surface area contributed by atoms with E-state index >= 15 is 0 Å². The summed E-state index contributed by atoms with van der Waals surface area (Å²) in [4.78, 5) is 6.48. The van der Waals surface area contributed by atoms with Gasteiger partial charge in [0.1, 0.15) is 18.8 Å². The largest absolute Gasteiger partial charge is 0.493 e. The normalized spacial score (nSPS) is 18.7. The van der Waals surface area contributed by atoms with Gasteiger partial charge in [0.15, 0.2) is 23.1 Å². The summed E-state index contributed by atoms with van der Waals surface area (Å²) in [6.07, 6.45) is 8.09. The summed E-state index contributed by atoms with van der Waals surface area (Å²) in [6.45, 7) is 4.18. The number of benzene rings is 2. The van der Waals surface area contributed by atoms with Crippen LogP contribution in [0, 0.1) is 5.82 Å². The molecule has 1 fully saturated rings. The summed E-state index contributed by atoms with van der Waals surface area (Å²) in [5.41, 5.74) is 0.731. The number of nitrogens with zero attached hydrogens (tertiary/aromatic N) is 3. The van der Waals surface area contributed by atoms with Crippen molar-refractivity contribution in [2.45, 2.75) is 38.0 Å². The summed E-state index contributed by atoms with van der Waals surface area (Å²) in [5.74, 6) is 1.38. The van der Waals surface area contributed by atoms with Gasteiger partial charge in [0.25, 0.3) is 0 Å². The first-order chi connectivity index (χ1) is 17.1. The summed E-state index contributed by atoms with van der Waals surface area (Å²) in [6, 6.07) is 12.6. The molecule has 3 aromatic rings. The fourth-order valence-corrected chi connectivity index (χ4v) is 4.43. The predicted molar refractivity (Wildman–Crippen MR) is 131 cm³/mol. The van der Waals surface area contributed by atoms with Gasteiger partial charge >= 0.3 is 0 Å². The summed E-state index contributed by atoms with van der Waals surface area (Å²) < 4.78 is 39.3. The number of imidazole rings is 1. The van der Waals surface area contributed by atoms with E-state index in [0.717, 1.165) is 56.0 Å². The lowest BCUT2D eigenvalue weighted by atomic mass is 9.95. The Morgan fingerprint density at radius 3 is 2.66 bits per heavy atom. The first-order valence-electron chi connectivity index (χ1n) is 12.0. The highest BCUT2D eigenvalue weighted by molar-refractivity contribution is 5.43. The van der Waals surface area contributed by atoms with Crippen LogP contribution in [0.4, 0.5) is 4.39 Å². The average molecular weight is 484 g/mol. The van der Waals surface area contributed by atoms with E-state index in [1.807, 2.05) is 16.8 Å². The molecule has 0 radical (unpaired) electrons. The van der Waals surface area contributed by atoms with Crippen LogP contribution in [-0.2, 0) is 17.8 Å². The molecule has 2 heterocycles. The Bertz CT molecular complexity index is 1060. The lowest BCUT2D eigenvalue weighted by molar-refractivity contribution is -0.0548. The van der Waals surface area contributed by atoms with Gasteiger partial charge in [0.05, 0.1) is 20.0 Å². The standard InChI is InChI=1S/C27H34FN3O4/c1-32-25-9-8-22(18-26(25)34-17-16-31-15-12-29-21-31)19-30-13-5-10-27(33-2,11-14-30)20-35-24-7-4-3-6-23(24)28/h3-4,6-9,12,15,18,21H,5,10-11,13-14,16-17,19-20H2,1-2H3. The van der Waals surface area contributed by atoms with Gasteiger partial charge in [-0.3, -0.25) is 4.90 Å². The van der Waals surface area contributed by atoms with Gasteiger partial charge in [-0.1, -0.05) is 18.2 Å². The number of halogens is 1. The maximum atomic E-state index is 14.0. The van der Waals surface area contributed by atoms with Crippen molar-refractivity contribution in [1.82, 2.24) is 14.5 Å². The number of ether oxygens (including phenoxy) is 4. The van der Waals surface area contributed by atoms with Crippen LogP contribution in [0.25, 0.3) is 0 Å². The molecule has 35 heavy (non-hydrogen) atoms. The summed E-state index contributed by atoms with van der Waals surface area (Å²) in [7, 11) is 3.37. The van der Waals surface area contributed by atoms with Gasteiger partial charge in [0.2, 0.25) is 0 Å². The van der Waals surface area contributed by atoms with Gasteiger partial charge in [-0.05, 0) is 55.6 Å². The quantitative estimate of drug-likeness (QED) is 0.399. The fraction of sp³-hybridized carbons (Fsp3) is 0.444. The Balaban J connectivity index is 1.34. The highest BCUT2D eigenvalue weighted by Gasteiger charge is 2.34. The summed E-state index contributed by atoms with van der Waals surface area (Å²) in [5, 5.41) is 0. The first-order valence-corrected chi connectivity index (χ1v) is 12.0. The molecule has 0 aliphatic carbocycles. The maximum Gasteiger partial charge on any atom is 0.165 e. The van der Waals surface area contributed by atoms with E-state index in [0.29, 0.717) is 19.8 Å². The highest BCUT2D eigenvalue weighted by Crippen LogP contribution is 2.31. The molecule has 2 aromatic carbocycles. The zero-order valence-electron chi connectivity index (χ0n) is 20.5. The third-order valence-corrected chi connectivity index (χ3v) is 6.55. The molecule has 0 N–H and O–H groups in total. The Labute approximate surface area is 206 Å². The second kappa shape index (κ2) is 12.0. The molecule has 0 saturated carbocycles. The van der Waals surface area contributed by atoms with Crippen LogP contribution >= 0.6 is 0 Å². The van der Waals surface area contributed by atoms with Crippen molar-refractivity contribution in [3.05, 3.63) is 72.6 Å². The fourth-order valence-electron chi connectivity index (χ4n) is 4.43. The van der Waals surface area contributed by atoms with Gasteiger partial charge in [0, 0.05) is 32.6 Å². The number of aromatic nitrogens is 2. The Hall–Kier alpha value is -3.10. The molecule has 1 aliphatic heterocycles. The van der Waals surface area contributed by atoms with Crippen molar-refractivity contribution < 1.29 is 23.3 Å². The lowest BCUT2D eigenvalue weighted by Crippen LogP contribution is -2.39. The number of methoxy groups -OCH3 is 2. The molecular weight excluding hydrogens is 449 g/mol. The Morgan fingerprint density at radius 2 is 1.89 bits per heavy atom. The van der Waals surface area contributed by atoms with Crippen LogP contribution < -0.4 is 14.2 Å². The van der Waals surface area contributed by atoms with Gasteiger partial charge in [-0.25, -0.2) is 9.37 Å². The SMILES string of the molecule is COc1ccc(CN2CCCC(COc3ccccc3F)(OC)CC2)cc1OCCn1ccnc1. The molecule has 1 aromatic heterocycles. The van der Waals surface area contributed by atoms with E-state index in [1.54, 1.807) is 44.9 Å². The van der Waals surface area contributed by atoms with Crippen molar-refractivity contribution in [2.24, 2.45) is 0 Å². The molecule has 0 bridgehead atoms. The molecule has 1 atom stereocenters. The second-order valence-corrected chi connectivity index (χ2v) is 8.87. The predicted octanol–water partition coefficient (Wildman–Crippen LogP) is 4.56. The van der Waals surface area contributed by atoms with Crippen LogP contribution in [0.2, 0.25) is 0 Å². The lowest BCUT2D eigenvalue weighted by Gasteiger charge is -2.31. The third kappa shape index (κ3) is 6.74. The van der Waals surface area contributed by atoms with Crippen LogP contribution in [0.5, 0.6) is 17.2 Å². The van der Waals surface area contributed by atoms with E-state index in [2.05, 4.69) is 22.0 Å². The molecule has 7 nitrogen and oxygen atoms in total. The molecule has 1 saturated heterocycles.